The number of rotatable bonds is 5. The number of para-hydroxylation sites is 1. The van der Waals surface area contributed by atoms with Crippen molar-refractivity contribution in [2.75, 3.05) is 31.1 Å². The quantitative estimate of drug-likeness (QED) is 0.901. The second kappa shape index (κ2) is 6.45. The Morgan fingerprint density at radius 2 is 2.10 bits per heavy atom. The van der Waals surface area contributed by atoms with Crippen molar-refractivity contribution in [3.05, 3.63) is 29.8 Å². The van der Waals surface area contributed by atoms with Crippen LogP contribution < -0.4 is 10.2 Å². The maximum Gasteiger partial charge on any atom is 0.522 e. The van der Waals surface area contributed by atoms with Crippen LogP contribution in [0.15, 0.2) is 24.3 Å². The van der Waals surface area contributed by atoms with Crippen molar-refractivity contribution in [2.45, 2.75) is 25.7 Å². The van der Waals surface area contributed by atoms with Gasteiger partial charge in [-0.05, 0) is 24.6 Å². The molecule has 0 aromatic heterocycles. The summed E-state index contributed by atoms with van der Waals surface area (Å²) in [4.78, 5) is 1.95. The Morgan fingerprint density at radius 1 is 1.35 bits per heavy atom. The fourth-order valence-corrected chi connectivity index (χ4v) is 2.59. The van der Waals surface area contributed by atoms with Gasteiger partial charge in [-0.2, -0.15) is 0 Å². The Hall–Kier alpha value is -1.27. The van der Waals surface area contributed by atoms with Gasteiger partial charge in [-0.3, -0.25) is 4.74 Å². The van der Waals surface area contributed by atoms with Gasteiger partial charge in [0.25, 0.3) is 0 Å². The molecular weight excluding hydrogens is 269 g/mol. The van der Waals surface area contributed by atoms with Crippen LogP contribution in [-0.2, 0) is 4.74 Å². The molecule has 1 atom stereocenters. The third-order valence-corrected chi connectivity index (χ3v) is 3.42. The second-order valence-electron chi connectivity index (χ2n) is 4.74. The van der Waals surface area contributed by atoms with Crippen LogP contribution in [0.25, 0.3) is 0 Å². The van der Waals surface area contributed by atoms with E-state index in [2.05, 4.69) is 10.1 Å². The minimum atomic E-state index is -4.55. The Kier molecular flexibility index (Phi) is 4.88. The molecule has 0 bridgehead atoms. The lowest BCUT2D eigenvalue weighted by Gasteiger charge is -2.36. The van der Waals surface area contributed by atoms with E-state index in [1.54, 1.807) is 0 Å². The Labute approximate surface area is 116 Å². The molecule has 0 saturated carbocycles. The topological polar surface area (TPSA) is 24.5 Å². The summed E-state index contributed by atoms with van der Waals surface area (Å²) >= 11 is 0. The molecule has 3 nitrogen and oxygen atoms in total. The zero-order valence-electron chi connectivity index (χ0n) is 11.4. The summed E-state index contributed by atoms with van der Waals surface area (Å²) < 4.78 is 39.9. The largest absolute Gasteiger partial charge is 0.522 e. The number of halogens is 3. The molecule has 1 aromatic rings. The second-order valence-corrected chi connectivity index (χ2v) is 4.74. The number of anilines is 1. The molecule has 1 aliphatic rings. The molecule has 0 amide bonds. The molecule has 0 aliphatic carbocycles. The maximum atomic E-state index is 12.0. The van der Waals surface area contributed by atoms with Gasteiger partial charge in [0.2, 0.25) is 0 Å². The summed E-state index contributed by atoms with van der Waals surface area (Å²) in [7, 11) is 0. The standard InChI is InChI=1S/C14H19F3N2O/c1-2-18-12-7-8-19(9-10-20-14(15,16)17)13-6-4-3-5-11(12)13/h3-6,12,18H,2,7-10H2,1H3. The first-order valence-electron chi connectivity index (χ1n) is 6.79. The molecule has 1 N–H and O–H groups in total. The molecule has 112 valence electrons. The molecule has 0 fully saturated rings. The van der Waals surface area contributed by atoms with E-state index in [0.717, 1.165) is 30.8 Å². The number of hydrogen-bond donors (Lipinski definition) is 1. The highest BCUT2D eigenvalue weighted by molar-refractivity contribution is 5.56. The van der Waals surface area contributed by atoms with Crippen molar-refractivity contribution in [1.82, 2.24) is 5.32 Å². The average molecular weight is 288 g/mol. The molecule has 1 unspecified atom stereocenters. The third-order valence-electron chi connectivity index (χ3n) is 3.42. The summed E-state index contributed by atoms with van der Waals surface area (Å²) in [6.45, 7) is 3.55. The third kappa shape index (κ3) is 3.86. The molecule has 2 rings (SSSR count). The molecule has 1 aromatic carbocycles. The number of nitrogens with one attached hydrogen (secondary N) is 1. The number of alkyl halides is 3. The molecule has 6 heteroatoms. The van der Waals surface area contributed by atoms with E-state index in [4.69, 9.17) is 0 Å². The summed E-state index contributed by atoms with van der Waals surface area (Å²) in [5.41, 5.74) is 2.14. The molecule has 0 radical (unpaired) electrons. The summed E-state index contributed by atoms with van der Waals surface area (Å²) in [5.74, 6) is 0. The lowest BCUT2D eigenvalue weighted by Crippen LogP contribution is -2.38. The number of ether oxygens (including phenoxy) is 1. The zero-order chi connectivity index (χ0) is 14.6. The first-order chi connectivity index (χ1) is 9.51. The van der Waals surface area contributed by atoms with Gasteiger partial charge >= 0.3 is 6.36 Å². The summed E-state index contributed by atoms with van der Waals surface area (Å²) in [6, 6.07) is 8.12. The van der Waals surface area contributed by atoms with E-state index in [9.17, 15) is 13.2 Å². The fraction of sp³-hybridized carbons (Fsp3) is 0.571. The average Bonchev–Trinajstić information content (AvgIpc) is 2.40. The predicted octanol–water partition coefficient (Wildman–Crippen LogP) is 3.08. The molecule has 0 saturated heterocycles. The van der Waals surface area contributed by atoms with Gasteiger partial charge in [0, 0.05) is 24.8 Å². The van der Waals surface area contributed by atoms with Crippen molar-refractivity contribution in [2.24, 2.45) is 0 Å². The highest BCUT2D eigenvalue weighted by Gasteiger charge is 2.30. The van der Waals surface area contributed by atoms with E-state index in [1.165, 1.54) is 0 Å². The Bertz CT molecular complexity index is 437. The minimum absolute atomic E-state index is 0.245. The van der Waals surface area contributed by atoms with Gasteiger partial charge in [0.15, 0.2) is 0 Å². The van der Waals surface area contributed by atoms with E-state index in [-0.39, 0.29) is 19.2 Å². The normalized spacial score (nSPS) is 19.0. The lowest BCUT2D eigenvalue weighted by molar-refractivity contribution is -0.323. The van der Waals surface area contributed by atoms with Crippen molar-refractivity contribution >= 4 is 5.69 Å². The Morgan fingerprint density at radius 3 is 2.80 bits per heavy atom. The lowest BCUT2D eigenvalue weighted by atomic mass is 9.96. The number of fused-ring (bicyclic) bond motifs is 1. The first-order valence-corrected chi connectivity index (χ1v) is 6.79. The van der Waals surface area contributed by atoms with Crippen LogP contribution in [0.3, 0.4) is 0 Å². The molecule has 20 heavy (non-hydrogen) atoms. The van der Waals surface area contributed by atoms with Crippen molar-refractivity contribution < 1.29 is 17.9 Å². The van der Waals surface area contributed by atoms with E-state index < -0.39 is 6.36 Å². The minimum Gasteiger partial charge on any atom is -0.369 e. The SMILES string of the molecule is CCNC1CCN(CCOC(F)(F)F)c2ccccc21. The van der Waals surface area contributed by atoms with Gasteiger partial charge in [0.1, 0.15) is 0 Å². The van der Waals surface area contributed by atoms with Crippen LogP contribution in [0.1, 0.15) is 24.9 Å². The van der Waals surface area contributed by atoms with Crippen molar-refractivity contribution in [3.8, 4) is 0 Å². The highest BCUT2D eigenvalue weighted by Crippen LogP contribution is 2.33. The number of benzene rings is 1. The van der Waals surface area contributed by atoms with Crippen LogP contribution in [0.2, 0.25) is 0 Å². The van der Waals surface area contributed by atoms with Gasteiger partial charge in [-0.25, -0.2) is 0 Å². The number of nitrogens with zero attached hydrogens (tertiary/aromatic N) is 1. The van der Waals surface area contributed by atoms with Gasteiger partial charge in [0.05, 0.1) is 6.61 Å². The van der Waals surface area contributed by atoms with Gasteiger partial charge in [-0.1, -0.05) is 25.1 Å². The number of hydrogen-bond acceptors (Lipinski definition) is 3. The monoisotopic (exact) mass is 288 g/mol. The molecule has 0 spiro atoms. The highest BCUT2D eigenvalue weighted by atomic mass is 19.4. The van der Waals surface area contributed by atoms with E-state index in [1.807, 2.05) is 36.1 Å². The van der Waals surface area contributed by atoms with Crippen molar-refractivity contribution in [3.63, 3.8) is 0 Å². The molecular formula is C14H19F3N2O. The van der Waals surface area contributed by atoms with Crippen LogP contribution >= 0.6 is 0 Å². The molecule has 1 aliphatic heterocycles. The summed E-state index contributed by atoms with van der Waals surface area (Å²) in [6.07, 6.45) is -3.67. The van der Waals surface area contributed by atoms with Crippen LogP contribution in [0.4, 0.5) is 18.9 Å². The fourth-order valence-electron chi connectivity index (χ4n) is 2.59. The summed E-state index contributed by atoms with van der Waals surface area (Å²) in [5, 5.41) is 3.40. The van der Waals surface area contributed by atoms with Crippen LogP contribution in [0, 0.1) is 0 Å². The smallest absolute Gasteiger partial charge is 0.369 e. The molecule has 1 heterocycles. The van der Waals surface area contributed by atoms with E-state index in [0.29, 0.717) is 0 Å². The zero-order valence-corrected chi connectivity index (χ0v) is 11.4. The van der Waals surface area contributed by atoms with Crippen molar-refractivity contribution in [1.29, 1.82) is 0 Å². The Balaban J connectivity index is 2.03. The first kappa shape index (κ1) is 15.1. The maximum absolute atomic E-state index is 12.0. The van der Waals surface area contributed by atoms with Gasteiger partial charge in [-0.15, -0.1) is 13.2 Å². The van der Waals surface area contributed by atoms with Crippen LogP contribution in [0.5, 0.6) is 0 Å². The van der Waals surface area contributed by atoms with Crippen LogP contribution in [-0.4, -0.2) is 32.6 Å². The van der Waals surface area contributed by atoms with E-state index >= 15 is 0 Å². The predicted molar refractivity (Wildman–Crippen MR) is 71.7 cm³/mol. The van der Waals surface area contributed by atoms with Gasteiger partial charge < -0.3 is 10.2 Å².